The van der Waals surface area contributed by atoms with E-state index < -0.39 is 18.5 Å². The number of halogens is 5. The second-order valence-corrected chi connectivity index (χ2v) is 3.30. The lowest BCUT2D eigenvalue weighted by Crippen LogP contribution is -2.31. The van der Waals surface area contributed by atoms with E-state index in [1.165, 1.54) is 0 Å². The smallest absolute Gasteiger partial charge is 0.396 e. The molecule has 0 aromatic carbocycles. The summed E-state index contributed by atoms with van der Waals surface area (Å²) in [6, 6.07) is 0. The van der Waals surface area contributed by atoms with Gasteiger partial charge in [0.1, 0.15) is 6.67 Å². The van der Waals surface area contributed by atoms with Gasteiger partial charge in [0.05, 0.1) is 26.4 Å². The number of ether oxygens (including phenoxy) is 1. The van der Waals surface area contributed by atoms with Crippen molar-refractivity contribution >= 4 is 0 Å². The molecule has 0 saturated heterocycles. The fourth-order valence-corrected chi connectivity index (χ4v) is 0.514. The molecule has 0 aromatic rings. The highest BCUT2D eigenvalue weighted by Gasteiger charge is 2.24. The molecule has 3 nitrogen and oxygen atoms in total. The Bertz CT molecular complexity index is 152. The van der Waals surface area contributed by atoms with Crippen LogP contribution in [0.4, 0.5) is 22.0 Å². The predicted molar refractivity (Wildman–Crippen MR) is 46.2 cm³/mol. The topological polar surface area (TPSA) is 49.7 Å². The van der Waals surface area contributed by atoms with E-state index in [1.807, 2.05) is 0 Å². The third-order valence-electron chi connectivity index (χ3n) is 1.44. The Morgan fingerprint density at radius 2 is 1.44 bits per heavy atom. The van der Waals surface area contributed by atoms with Gasteiger partial charge in [-0.1, -0.05) is 6.92 Å². The summed E-state index contributed by atoms with van der Waals surface area (Å²) in [6.45, 7) is 1.03. The second-order valence-electron chi connectivity index (χ2n) is 3.30. The lowest BCUT2D eigenvalue weighted by molar-refractivity contribution is -0.237. The minimum Gasteiger partial charge on any atom is -0.396 e. The van der Waals surface area contributed by atoms with Gasteiger partial charge in [-0.15, -0.1) is 17.6 Å². The SMILES string of the molecule is CC(CO)(CO)COCCF.FC(F)(F)F. The van der Waals surface area contributed by atoms with E-state index in [2.05, 4.69) is 0 Å². The molecule has 0 unspecified atom stereocenters. The molecule has 8 heteroatoms. The van der Waals surface area contributed by atoms with Gasteiger partial charge >= 0.3 is 6.43 Å². The van der Waals surface area contributed by atoms with Crippen LogP contribution >= 0.6 is 0 Å². The zero-order valence-corrected chi connectivity index (χ0v) is 8.73. The summed E-state index contributed by atoms with van der Waals surface area (Å²) in [5, 5.41) is 17.5. The summed E-state index contributed by atoms with van der Waals surface area (Å²) >= 11 is 0. The van der Waals surface area contributed by atoms with Crippen molar-refractivity contribution in [1.82, 2.24) is 0 Å². The van der Waals surface area contributed by atoms with Crippen LogP contribution in [0.5, 0.6) is 0 Å². The number of aliphatic hydroxyl groups excluding tert-OH is 2. The lowest BCUT2D eigenvalue weighted by atomic mass is 9.95. The number of aliphatic hydroxyl groups is 2. The quantitative estimate of drug-likeness (QED) is 0.557. The average molecular weight is 254 g/mol. The first-order valence-electron chi connectivity index (χ1n) is 4.29. The van der Waals surface area contributed by atoms with Gasteiger partial charge in [0, 0.05) is 5.41 Å². The molecule has 16 heavy (non-hydrogen) atoms. The molecule has 0 rings (SSSR count). The van der Waals surface area contributed by atoms with E-state index in [-0.39, 0.29) is 26.4 Å². The molecule has 0 aliphatic heterocycles. The summed E-state index contributed by atoms with van der Waals surface area (Å²) in [7, 11) is 0. The first-order chi connectivity index (χ1) is 7.18. The van der Waals surface area contributed by atoms with Crippen molar-refractivity contribution in [3.05, 3.63) is 0 Å². The van der Waals surface area contributed by atoms with Crippen LogP contribution in [0.25, 0.3) is 0 Å². The van der Waals surface area contributed by atoms with Gasteiger partial charge in [-0.2, -0.15) is 0 Å². The third-order valence-corrected chi connectivity index (χ3v) is 1.44. The van der Waals surface area contributed by atoms with Crippen molar-refractivity contribution in [2.75, 3.05) is 33.1 Å². The molecule has 0 aliphatic carbocycles. The minimum absolute atomic E-state index is 0.0234. The molecule has 0 bridgehead atoms. The van der Waals surface area contributed by atoms with Crippen LogP contribution in [-0.2, 0) is 4.74 Å². The average Bonchev–Trinajstić information content (AvgIpc) is 2.15. The highest BCUT2D eigenvalue weighted by Crippen LogP contribution is 2.14. The van der Waals surface area contributed by atoms with Gasteiger partial charge in [-0.05, 0) is 0 Å². The van der Waals surface area contributed by atoms with Gasteiger partial charge in [0.2, 0.25) is 0 Å². The summed E-state index contributed by atoms with van der Waals surface area (Å²) in [6.07, 6.45) is -5.50. The third kappa shape index (κ3) is 16.0. The van der Waals surface area contributed by atoms with Crippen LogP contribution in [0.2, 0.25) is 0 Å². The van der Waals surface area contributed by atoms with Crippen LogP contribution in [0.3, 0.4) is 0 Å². The standard InChI is InChI=1S/C7H15FO3.CF4/c1-7(4-9,5-10)6-11-3-2-8;2-1(3,4)5/h9-10H,2-6H2,1H3;. The normalized spacial score (nSPS) is 12.0. The van der Waals surface area contributed by atoms with Crippen molar-refractivity contribution in [1.29, 1.82) is 0 Å². The van der Waals surface area contributed by atoms with E-state index in [0.717, 1.165) is 0 Å². The Balaban J connectivity index is 0. The predicted octanol–water partition coefficient (Wildman–Crippen LogP) is 1.44. The van der Waals surface area contributed by atoms with E-state index in [1.54, 1.807) is 6.92 Å². The Labute approximate surface area is 89.8 Å². The highest BCUT2D eigenvalue weighted by atomic mass is 19.5. The molecule has 0 amide bonds. The minimum atomic E-state index is -5.50. The summed E-state index contributed by atoms with van der Waals surface area (Å²) in [5.41, 5.74) is -0.644. The molecule has 0 spiro atoms. The van der Waals surface area contributed by atoms with E-state index >= 15 is 0 Å². The molecular formula is C8H15F5O3. The van der Waals surface area contributed by atoms with Gasteiger partial charge in [-0.25, -0.2) is 4.39 Å². The molecule has 0 saturated carbocycles. The Morgan fingerprint density at radius 3 is 1.69 bits per heavy atom. The highest BCUT2D eigenvalue weighted by molar-refractivity contribution is 4.70. The summed E-state index contributed by atoms with van der Waals surface area (Å²) in [5.74, 6) is 0. The van der Waals surface area contributed by atoms with Crippen LogP contribution in [0.15, 0.2) is 0 Å². The van der Waals surface area contributed by atoms with Crippen LogP contribution < -0.4 is 0 Å². The number of hydrogen-bond donors (Lipinski definition) is 2. The zero-order chi connectivity index (χ0) is 13.2. The zero-order valence-electron chi connectivity index (χ0n) is 8.73. The molecule has 100 valence electrons. The summed E-state index contributed by atoms with van der Waals surface area (Å²) in [4.78, 5) is 0. The Kier molecular flexibility index (Phi) is 9.69. The number of alkyl halides is 5. The Morgan fingerprint density at radius 1 is 1.06 bits per heavy atom. The monoisotopic (exact) mass is 254 g/mol. The van der Waals surface area contributed by atoms with Gasteiger partial charge in [-0.3, -0.25) is 0 Å². The number of hydrogen-bond acceptors (Lipinski definition) is 3. The van der Waals surface area contributed by atoms with E-state index in [9.17, 15) is 22.0 Å². The molecular weight excluding hydrogens is 239 g/mol. The fourth-order valence-electron chi connectivity index (χ4n) is 0.514. The molecule has 2 N–H and O–H groups in total. The van der Waals surface area contributed by atoms with Crippen molar-refractivity contribution in [2.45, 2.75) is 13.4 Å². The number of rotatable bonds is 6. The maximum absolute atomic E-state index is 11.5. The molecule has 0 fully saturated rings. The largest absolute Gasteiger partial charge is 0.559 e. The van der Waals surface area contributed by atoms with Crippen LogP contribution in [0, 0.1) is 5.41 Å². The van der Waals surface area contributed by atoms with Crippen LogP contribution in [-0.4, -0.2) is 49.7 Å². The van der Waals surface area contributed by atoms with E-state index in [0.29, 0.717) is 0 Å². The summed E-state index contributed by atoms with van der Waals surface area (Å²) < 4.78 is 55.1. The Hall–Kier alpha value is -0.470. The first-order valence-corrected chi connectivity index (χ1v) is 4.29. The van der Waals surface area contributed by atoms with Crippen molar-refractivity contribution in [3.63, 3.8) is 0 Å². The van der Waals surface area contributed by atoms with E-state index in [4.69, 9.17) is 14.9 Å². The molecule has 0 atom stereocenters. The maximum Gasteiger partial charge on any atom is 0.559 e. The second kappa shape index (κ2) is 8.66. The molecule has 0 radical (unpaired) electrons. The van der Waals surface area contributed by atoms with Gasteiger partial charge < -0.3 is 14.9 Å². The van der Waals surface area contributed by atoms with Crippen molar-refractivity contribution in [2.24, 2.45) is 5.41 Å². The van der Waals surface area contributed by atoms with Gasteiger partial charge in [0.15, 0.2) is 0 Å². The first kappa shape index (κ1) is 17.9. The fraction of sp³-hybridized carbons (Fsp3) is 1.00. The lowest BCUT2D eigenvalue weighted by Gasteiger charge is -2.23. The van der Waals surface area contributed by atoms with Crippen molar-refractivity contribution < 1.29 is 36.9 Å². The molecule has 0 aliphatic rings. The maximum atomic E-state index is 11.5. The molecule has 0 aromatic heterocycles. The molecule has 0 heterocycles. The van der Waals surface area contributed by atoms with Crippen LogP contribution in [0.1, 0.15) is 6.92 Å². The van der Waals surface area contributed by atoms with Crippen molar-refractivity contribution in [3.8, 4) is 0 Å². The van der Waals surface area contributed by atoms with Gasteiger partial charge in [0.25, 0.3) is 0 Å².